The van der Waals surface area contributed by atoms with Crippen molar-refractivity contribution in [2.45, 2.75) is 25.0 Å². The van der Waals surface area contributed by atoms with E-state index in [-0.39, 0.29) is 18.1 Å². The monoisotopic (exact) mass is 300 g/mol. The molecule has 1 aliphatic rings. The molecule has 22 heavy (non-hydrogen) atoms. The van der Waals surface area contributed by atoms with Gasteiger partial charge in [-0.3, -0.25) is 9.78 Å². The second kappa shape index (κ2) is 6.37. The van der Waals surface area contributed by atoms with Crippen LogP contribution in [-0.2, 0) is 4.74 Å². The molecule has 0 bridgehead atoms. The number of aromatic nitrogens is 2. The highest BCUT2D eigenvalue weighted by Gasteiger charge is 2.32. The molecule has 0 radical (unpaired) electrons. The Kier molecular flexibility index (Phi) is 4.31. The summed E-state index contributed by atoms with van der Waals surface area (Å²) < 4.78 is 5.39. The zero-order valence-electron chi connectivity index (χ0n) is 12.6. The van der Waals surface area contributed by atoms with Crippen LogP contribution in [0.25, 0.3) is 11.0 Å². The predicted octanol–water partition coefficient (Wildman–Crippen LogP) is 1.21. The molecule has 6 nitrogen and oxygen atoms in total. The van der Waals surface area contributed by atoms with Gasteiger partial charge in [0.15, 0.2) is 0 Å². The summed E-state index contributed by atoms with van der Waals surface area (Å²) >= 11 is 0. The van der Waals surface area contributed by atoms with Crippen molar-refractivity contribution in [1.82, 2.24) is 14.9 Å². The number of fused-ring (bicyclic) bond motifs is 1. The fraction of sp³-hybridized carbons (Fsp3) is 0.438. The summed E-state index contributed by atoms with van der Waals surface area (Å²) in [4.78, 5) is 23.3. The number of likely N-dealkylation sites (tertiary alicyclic amines) is 1. The molecule has 1 aromatic carbocycles. The van der Waals surface area contributed by atoms with Crippen LogP contribution in [0.2, 0.25) is 0 Å². The number of carbonyl (C=O) groups excluding carboxylic acids is 1. The van der Waals surface area contributed by atoms with Crippen LogP contribution in [0.4, 0.5) is 0 Å². The number of rotatable bonds is 3. The second-order valence-electron chi connectivity index (χ2n) is 5.51. The summed E-state index contributed by atoms with van der Waals surface area (Å²) in [7, 11) is 1.70. The lowest BCUT2D eigenvalue weighted by Crippen LogP contribution is -2.51. The zero-order chi connectivity index (χ0) is 15.5. The Morgan fingerprint density at radius 2 is 2.18 bits per heavy atom. The lowest BCUT2D eigenvalue weighted by molar-refractivity contribution is 0.0136. The summed E-state index contributed by atoms with van der Waals surface area (Å²) in [5.74, 6) is -0.108. The molecule has 0 saturated carbocycles. The van der Waals surface area contributed by atoms with E-state index in [1.54, 1.807) is 18.2 Å². The summed E-state index contributed by atoms with van der Waals surface area (Å²) in [6, 6.07) is 7.51. The highest BCUT2D eigenvalue weighted by molar-refractivity contribution is 5.94. The van der Waals surface area contributed by atoms with Crippen LogP contribution >= 0.6 is 0 Å². The molecule has 2 heterocycles. The number of amides is 1. The van der Waals surface area contributed by atoms with E-state index in [1.165, 1.54) is 0 Å². The molecule has 1 aliphatic heterocycles. The third kappa shape index (κ3) is 2.80. The Labute approximate surface area is 129 Å². The normalized spacial score (nSPS) is 22.0. The van der Waals surface area contributed by atoms with Gasteiger partial charge >= 0.3 is 0 Å². The van der Waals surface area contributed by atoms with Gasteiger partial charge in [0, 0.05) is 26.2 Å². The molecule has 1 fully saturated rings. The molecule has 1 amide bonds. The predicted molar refractivity (Wildman–Crippen MR) is 83.4 cm³/mol. The molecule has 2 atom stereocenters. The van der Waals surface area contributed by atoms with Gasteiger partial charge in [0.2, 0.25) is 0 Å². The van der Waals surface area contributed by atoms with E-state index in [2.05, 4.69) is 9.97 Å². The van der Waals surface area contributed by atoms with Crippen molar-refractivity contribution in [1.29, 1.82) is 0 Å². The second-order valence-corrected chi connectivity index (χ2v) is 5.51. The SMILES string of the molecule is COC1CCN(C(=O)c2cnc3ccccc3n2)C(CN)C1. The Hall–Kier alpha value is -2.05. The van der Waals surface area contributed by atoms with Gasteiger partial charge in [0.25, 0.3) is 5.91 Å². The third-order valence-electron chi connectivity index (χ3n) is 4.20. The van der Waals surface area contributed by atoms with Gasteiger partial charge in [-0.1, -0.05) is 12.1 Å². The number of hydrogen-bond acceptors (Lipinski definition) is 5. The molecule has 1 saturated heterocycles. The maximum absolute atomic E-state index is 12.7. The number of carbonyl (C=O) groups is 1. The van der Waals surface area contributed by atoms with E-state index in [1.807, 2.05) is 24.3 Å². The van der Waals surface area contributed by atoms with Crippen LogP contribution in [0.5, 0.6) is 0 Å². The van der Waals surface area contributed by atoms with E-state index in [4.69, 9.17) is 10.5 Å². The van der Waals surface area contributed by atoms with E-state index in [0.29, 0.717) is 18.8 Å². The molecule has 2 N–H and O–H groups in total. The number of benzene rings is 1. The van der Waals surface area contributed by atoms with Crippen LogP contribution < -0.4 is 5.73 Å². The average Bonchev–Trinajstić information content (AvgIpc) is 2.60. The minimum Gasteiger partial charge on any atom is -0.381 e. The minimum atomic E-state index is -0.108. The van der Waals surface area contributed by atoms with Crippen molar-refractivity contribution in [3.63, 3.8) is 0 Å². The Bertz CT molecular complexity index is 676. The van der Waals surface area contributed by atoms with E-state index in [0.717, 1.165) is 23.9 Å². The lowest BCUT2D eigenvalue weighted by atomic mass is 9.99. The fourth-order valence-corrected chi connectivity index (χ4v) is 2.93. The first-order valence-corrected chi connectivity index (χ1v) is 7.48. The topological polar surface area (TPSA) is 81.3 Å². The number of hydrogen-bond donors (Lipinski definition) is 1. The van der Waals surface area contributed by atoms with Crippen molar-refractivity contribution in [3.05, 3.63) is 36.2 Å². The molecule has 6 heteroatoms. The largest absolute Gasteiger partial charge is 0.381 e. The van der Waals surface area contributed by atoms with Crippen LogP contribution in [0, 0.1) is 0 Å². The van der Waals surface area contributed by atoms with Crippen molar-refractivity contribution < 1.29 is 9.53 Å². The number of piperidine rings is 1. The number of nitrogens with two attached hydrogens (primary N) is 1. The number of methoxy groups -OCH3 is 1. The summed E-state index contributed by atoms with van der Waals surface area (Å²) in [6.07, 6.45) is 3.29. The first-order valence-electron chi connectivity index (χ1n) is 7.48. The Morgan fingerprint density at radius 3 is 2.91 bits per heavy atom. The maximum atomic E-state index is 12.7. The van der Waals surface area contributed by atoms with Crippen LogP contribution in [0.3, 0.4) is 0 Å². The van der Waals surface area contributed by atoms with E-state index in [9.17, 15) is 4.79 Å². The standard InChI is InChI=1S/C16H20N4O2/c1-22-12-6-7-20(11(8-12)9-17)16(21)15-10-18-13-4-2-3-5-14(13)19-15/h2-5,10-12H,6-9,17H2,1H3. The Balaban J connectivity index is 1.85. The van der Waals surface area contributed by atoms with Gasteiger partial charge in [0.1, 0.15) is 5.69 Å². The van der Waals surface area contributed by atoms with Crippen LogP contribution in [0.1, 0.15) is 23.3 Å². The summed E-state index contributed by atoms with van der Waals surface area (Å²) in [5, 5.41) is 0. The first-order chi connectivity index (χ1) is 10.7. The smallest absolute Gasteiger partial charge is 0.274 e. The van der Waals surface area contributed by atoms with Gasteiger partial charge in [-0.2, -0.15) is 0 Å². The van der Waals surface area contributed by atoms with Gasteiger partial charge in [-0.25, -0.2) is 4.98 Å². The van der Waals surface area contributed by atoms with Crippen LogP contribution in [0.15, 0.2) is 30.5 Å². The average molecular weight is 300 g/mol. The number of para-hydroxylation sites is 2. The highest BCUT2D eigenvalue weighted by atomic mass is 16.5. The molecule has 0 spiro atoms. The third-order valence-corrected chi connectivity index (χ3v) is 4.20. The fourth-order valence-electron chi connectivity index (χ4n) is 2.93. The Morgan fingerprint density at radius 1 is 1.41 bits per heavy atom. The lowest BCUT2D eigenvalue weighted by Gasteiger charge is -2.38. The van der Waals surface area contributed by atoms with Gasteiger partial charge < -0.3 is 15.4 Å². The minimum absolute atomic E-state index is 0.0144. The number of nitrogens with zero attached hydrogens (tertiary/aromatic N) is 3. The molecular formula is C16H20N4O2. The molecule has 0 aliphatic carbocycles. The van der Waals surface area contributed by atoms with Crippen LogP contribution in [-0.4, -0.2) is 53.1 Å². The molecule has 1 aromatic heterocycles. The van der Waals surface area contributed by atoms with E-state index >= 15 is 0 Å². The summed E-state index contributed by atoms with van der Waals surface area (Å²) in [5.41, 5.74) is 7.71. The first kappa shape index (κ1) is 14.9. The van der Waals surface area contributed by atoms with Gasteiger partial charge in [-0.05, 0) is 25.0 Å². The molecule has 3 rings (SSSR count). The van der Waals surface area contributed by atoms with Crippen molar-refractivity contribution >= 4 is 16.9 Å². The molecule has 116 valence electrons. The zero-order valence-corrected chi connectivity index (χ0v) is 12.6. The van der Waals surface area contributed by atoms with Gasteiger partial charge in [0.05, 0.1) is 23.3 Å². The molecule has 2 aromatic rings. The highest BCUT2D eigenvalue weighted by Crippen LogP contribution is 2.21. The number of ether oxygens (including phenoxy) is 1. The van der Waals surface area contributed by atoms with Crippen molar-refractivity contribution in [3.8, 4) is 0 Å². The van der Waals surface area contributed by atoms with E-state index < -0.39 is 0 Å². The van der Waals surface area contributed by atoms with Crippen molar-refractivity contribution in [2.75, 3.05) is 20.2 Å². The summed E-state index contributed by atoms with van der Waals surface area (Å²) in [6.45, 7) is 1.06. The van der Waals surface area contributed by atoms with Crippen molar-refractivity contribution in [2.24, 2.45) is 5.73 Å². The maximum Gasteiger partial charge on any atom is 0.274 e. The quantitative estimate of drug-likeness (QED) is 0.921. The van der Waals surface area contributed by atoms with Gasteiger partial charge in [-0.15, -0.1) is 0 Å². The molecule has 2 unspecified atom stereocenters. The molecular weight excluding hydrogens is 280 g/mol.